The van der Waals surface area contributed by atoms with Crippen LogP contribution in [0.1, 0.15) is 19.4 Å². The second kappa shape index (κ2) is 7.45. The van der Waals surface area contributed by atoms with Gasteiger partial charge in [-0.2, -0.15) is 5.10 Å². The molecule has 1 aromatic carbocycles. The SMILES string of the molecule is CC.Cc1ccccc1-c1cnn2ccc(N3CCNCC3)nc12. The van der Waals surface area contributed by atoms with Gasteiger partial charge in [0, 0.05) is 37.9 Å². The van der Waals surface area contributed by atoms with Crippen LogP contribution >= 0.6 is 0 Å². The molecule has 0 aliphatic carbocycles. The van der Waals surface area contributed by atoms with E-state index in [1.54, 1.807) is 0 Å². The highest BCUT2D eigenvalue weighted by Gasteiger charge is 2.15. The van der Waals surface area contributed by atoms with E-state index < -0.39 is 0 Å². The van der Waals surface area contributed by atoms with E-state index in [0.717, 1.165) is 43.2 Å². The van der Waals surface area contributed by atoms with E-state index in [2.05, 4.69) is 46.5 Å². The summed E-state index contributed by atoms with van der Waals surface area (Å²) in [5.41, 5.74) is 4.45. The number of piperazine rings is 1. The molecule has 1 aliphatic rings. The van der Waals surface area contributed by atoms with Gasteiger partial charge in [0.15, 0.2) is 5.65 Å². The summed E-state index contributed by atoms with van der Waals surface area (Å²) in [6.07, 6.45) is 3.91. The number of hydrogen-bond acceptors (Lipinski definition) is 4. The molecule has 0 unspecified atom stereocenters. The van der Waals surface area contributed by atoms with Gasteiger partial charge in [-0.25, -0.2) is 9.50 Å². The zero-order chi connectivity index (χ0) is 16.9. The number of fused-ring (bicyclic) bond motifs is 1. The summed E-state index contributed by atoms with van der Waals surface area (Å²) < 4.78 is 1.85. The van der Waals surface area contributed by atoms with Gasteiger partial charge in [0.25, 0.3) is 0 Å². The molecule has 0 spiro atoms. The summed E-state index contributed by atoms with van der Waals surface area (Å²) in [5, 5.41) is 7.82. The topological polar surface area (TPSA) is 45.5 Å². The summed E-state index contributed by atoms with van der Waals surface area (Å²) in [7, 11) is 0. The second-order valence-electron chi connectivity index (χ2n) is 5.66. The molecule has 0 saturated carbocycles. The highest BCUT2D eigenvalue weighted by molar-refractivity contribution is 5.79. The molecule has 0 radical (unpaired) electrons. The van der Waals surface area contributed by atoms with Crippen molar-refractivity contribution in [1.82, 2.24) is 19.9 Å². The first-order valence-corrected chi connectivity index (χ1v) is 8.69. The van der Waals surface area contributed by atoms with E-state index >= 15 is 0 Å². The van der Waals surface area contributed by atoms with Crippen LogP contribution < -0.4 is 10.2 Å². The lowest BCUT2D eigenvalue weighted by molar-refractivity contribution is 0.585. The van der Waals surface area contributed by atoms with Crippen LogP contribution in [0.25, 0.3) is 16.8 Å². The van der Waals surface area contributed by atoms with Gasteiger partial charge in [0.05, 0.1) is 6.20 Å². The normalized spacial score (nSPS) is 14.4. The molecule has 1 aliphatic heterocycles. The van der Waals surface area contributed by atoms with Gasteiger partial charge in [0.1, 0.15) is 5.82 Å². The van der Waals surface area contributed by atoms with E-state index in [9.17, 15) is 0 Å². The minimum atomic E-state index is 0.922. The molecule has 0 amide bonds. The van der Waals surface area contributed by atoms with Crippen molar-refractivity contribution in [3.05, 3.63) is 48.3 Å². The van der Waals surface area contributed by atoms with E-state index in [1.165, 1.54) is 11.1 Å². The lowest BCUT2D eigenvalue weighted by Crippen LogP contribution is -2.43. The second-order valence-corrected chi connectivity index (χ2v) is 5.66. The van der Waals surface area contributed by atoms with Crippen LogP contribution in [-0.2, 0) is 0 Å². The Balaban J connectivity index is 0.000000815. The van der Waals surface area contributed by atoms with Crippen molar-refractivity contribution in [1.29, 1.82) is 0 Å². The molecule has 1 saturated heterocycles. The van der Waals surface area contributed by atoms with Gasteiger partial charge in [0.2, 0.25) is 0 Å². The number of aryl methyl sites for hydroxylation is 1. The number of benzene rings is 1. The fourth-order valence-corrected chi connectivity index (χ4v) is 2.99. The number of anilines is 1. The number of rotatable bonds is 2. The molecule has 24 heavy (non-hydrogen) atoms. The van der Waals surface area contributed by atoms with Gasteiger partial charge >= 0.3 is 0 Å². The zero-order valence-corrected chi connectivity index (χ0v) is 14.7. The van der Waals surface area contributed by atoms with Crippen LogP contribution in [0.15, 0.2) is 42.7 Å². The molecule has 2 aromatic heterocycles. The van der Waals surface area contributed by atoms with Crippen molar-refractivity contribution in [2.24, 2.45) is 0 Å². The van der Waals surface area contributed by atoms with Crippen molar-refractivity contribution < 1.29 is 0 Å². The monoisotopic (exact) mass is 323 g/mol. The Bertz CT molecular complexity index is 802. The Hall–Kier alpha value is -2.40. The minimum Gasteiger partial charge on any atom is -0.354 e. The van der Waals surface area contributed by atoms with Crippen molar-refractivity contribution in [3.63, 3.8) is 0 Å². The Morgan fingerprint density at radius 1 is 1.00 bits per heavy atom. The average Bonchev–Trinajstić information content (AvgIpc) is 3.07. The van der Waals surface area contributed by atoms with Gasteiger partial charge in [-0.3, -0.25) is 0 Å². The molecule has 3 heterocycles. The summed E-state index contributed by atoms with van der Waals surface area (Å²) in [6.45, 7) is 10.1. The van der Waals surface area contributed by atoms with Crippen molar-refractivity contribution in [2.45, 2.75) is 20.8 Å². The smallest absolute Gasteiger partial charge is 0.165 e. The quantitative estimate of drug-likeness (QED) is 0.787. The van der Waals surface area contributed by atoms with Crippen LogP contribution in [0.2, 0.25) is 0 Å². The molecule has 0 atom stereocenters. The average molecular weight is 323 g/mol. The van der Waals surface area contributed by atoms with Gasteiger partial charge < -0.3 is 10.2 Å². The maximum atomic E-state index is 4.87. The van der Waals surface area contributed by atoms with Gasteiger partial charge in [-0.1, -0.05) is 38.1 Å². The minimum absolute atomic E-state index is 0.922. The third-order valence-electron chi connectivity index (χ3n) is 4.23. The Kier molecular flexibility index (Phi) is 5.11. The zero-order valence-electron chi connectivity index (χ0n) is 14.7. The maximum Gasteiger partial charge on any atom is 0.165 e. The van der Waals surface area contributed by atoms with Crippen molar-refractivity contribution >= 4 is 11.5 Å². The summed E-state index contributed by atoms with van der Waals surface area (Å²) >= 11 is 0. The molecule has 5 nitrogen and oxygen atoms in total. The maximum absolute atomic E-state index is 4.87. The summed E-state index contributed by atoms with van der Waals surface area (Å²) in [5.74, 6) is 1.03. The van der Waals surface area contributed by atoms with E-state index in [1.807, 2.05) is 36.8 Å². The molecule has 4 rings (SSSR count). The standard InChI is InChI=1S/C17H19N5.C2H6/c1-13-4-2-3-5-14(13)15-12-19-22-9-6-16(20-17(15)22)21-10-7-18-8-11-21;1-2/h2-6,9,12,18H,7-8,10-11H2,1H3;1-2H3. The third kappa shape index (κ3) is 3.12. The highest BCUT2D eigenvalue weighted by atomic mass is 15.3. The predicted octanol–water partition coefficient (Wildman–Crippen LogP) is 3.14. The van der Waals surface area contributed by atoms with Gasteiger partial charge in [-0.05, 0) is 24.1 Å². The van der Waals surface area contributed by atoms with Crippen LogP contribution in [0.3, 0.4) is 0 Å². The summed E-state index contributed by atoms with van der Waals surface area (Å²) in [4.78, 5) is 7.20. The number of hydrogen-bond donors (Lipinski definition) is 1. The van der Waals surface area contributed by atoms with Gasteiger partial charge in [-0.15, -0.1) is 0 Å². The van der Waals surface area contributed by atoms with Crippen molar-refractivity contribution in [2.75, 3.05) is 31.1 Å². The van der Waals surface area contributed by atoms with E-state index in [-0.39, 0.29) is 0 Å². The number of aromatic nitrogens is 3. The molecular weight excluding hydrogens is 298 g/mol. The number of nitrogens with zero attached hydrogens (tertiary/aromatic N) is 4. The molecule has 0 bridgehead atoms. The first kappa shape index (κ1) is 16.5. The molecule has 126 valence electrons. The third-order valence-corrected chi connectivity index (χ3v) is 4.23. The fourth-order valence-electron chi connectivity index (χ4n) is 2.99. The molecular formula is C19H25N5. The van der Waals surface area contributed by atoms with Crippen LogP contribution in [0, 0.1) is 6.92 Å². The van der Waals surface area contributed by atoms with E-state index in [0.29, 0.717) is 0 Å². The fraction of sp³-hybridized carbons (Fsp3) is 0.368. The van der Waals surface area contributed by atoms with E-state index in [4.69, 9.17) is 4.98 Å². The Morgan fingerprint density at radius 3 is 2.50 bits per heavy atom. The van der Waals surface area contributed by atoms with Crippen LogP contribution in [-0.4, -0.2) is 40.8 Å². The molecule has 1 N–H and O–H groups in total. The van der Waals surface area contributed by atoms with Crippen LogP contribution in [0.4, 0.5) is 5.82 Å². The first-order chi connectivity index (χ1) is 11.8. The summed E-state index contributed by atoms with van der Waals surface area (Å²) in [6, 6.07) is 10.4. The molecule has 3 aromatic rings. The first-order valence-electron chi connectivity index (χ1n) is 8.69. The lowest BCUT2D eigenvalue weighted by atomic mass is 10.0. The van der Waals surface area contributed by atoms with Crippen molar-refractivity contribution in [3.8, 4) is 11.1 Å². The largest absolute Gasteiger partial charge is 0.354 e. The molecule has 1 fully saturated rings. The number of nitrogens with one attached hydrogen (secondary N) is 1. The molecule has 5 heteroatoms. The Morgan fingerprint density at radius 2 is 1.75 bits per heavy atom. The lowest BCUT2D eigenvalue weighted by Gasteiger charge is -2.28. The predicted molar refractivity (Wildman–Crippen MR) is 99.6 cm³/mol. The van der Waals surface area contributed by atoms with Crippen LogP contribution in [0.5, 0.6) is 0 Å². The highest BCUT2D eigenvalue weighted by Crippen LogP contribution is 2.27. The Labute approximate surface area is 143 Å².